The average Bonchev–Trinajstić information content (AvgIpc) is 3.46. The van der Waals surface area contributed by atoms with Crippen molar-refractivity contribution in [1.29, 1.82) is 0 Å². The number of anilines is 1. The minimum Gasteiger partial charge on any atom is -1.00 e. The highest BCUT2D eigenvalue weighted by Crippen LogP contribution is 2.46. The highest BCUT2D eigenvalue weighted by molar-refractivity contribution is 8.08. The van der Waals surface area contributed by atoms with Crippen LogP contribution in [0.25, 0.3) is 11.1 Å². The zero-order chi connectivity index (χ0) is 23.1. The molecule has 1 aliphatic rings. The number of hydrogen-bond donors (Lipinski definition) is 0. The number of rotatable bonds is 4. The third-order valence-corrected chi connectivity index (χ3v) is 9.03. The molecule has 10 heteroatoms. The second kappa shape index (κ2) is 10.3. The first kappa shape index (κ1) is 25.0. The molecular formula is C24H20Cl2FN3OS3. The van der Waals surface area contributed by atoms with E-state index in [1.54, 1.807) is 39.8 Å². The Bertz CT molecular complexity index is 1540. The van der Waals surface area contributed by atoms with E-state index in [9.17, 15) is 9.18 Å². The van der Waals surface area contributed by atoms with E-state index >= 15 is 0 Å². The molecule has 0 fully saturated rings. The summed E-state index contributed by atoms with van der Waals surface area (Å²) < 4.78 is 19.6. The topological polar surface area (TPSA) is 29.1 Å². The minimum absolute atomic E-state index is 0. The molecule has 176 valence electrons. The zero-order valence-electron chi connectivity index (χ0n) is 18.3. The van der Waals surface area contributed by atoms with Crippen LogP contribution in [0.2, 0.25) is 5.02 Å². The Balaban J connectivity index is 0.00000274. The van der Waals surface area contributed by atoms with Gasteiger partial charge in [-0.15, -0.1) is 11.3 Å². The van der Waals surface area contributed by atoms with Gasteiger partial charge in [0.25, 0.3) is 10.6 Å². The number of thiazole rings is 2. The number of fused-ring (bicyclic) bond motifs is 1. The van der Waals surface area contributed by atoms with Crippen LogP contribution in [0.3, 0.4) is 0 Å². The Labute approximate surface area is 219 Å². The van der Waals surface area contributed by atoms with E-state index in [0.29, 0.717) is 28.2 Å². The standard InChI is InChI=1S/C24H20ClFN3OS3.ClH/c1-3-29-21(13-20-28(10-11-31-20)14-15-6-4-5-7-17(15)26)33-22(23(29)30)24-27(2)18-9-8-16(25)12-19(18)32-24;/h4-13H,3,14H2,1-2H3;1H/q+1;/p-1/b24-22+;. The molecule has 0 saturated carbocycles. The Hall–Kier alpha value is -2.10. The molecule has 0 saturated heterocycles. The Kier molecular flexibility index (Phi) is 7.54. The summed E-state index contributed by atoms with van der Waals surface area (Å²) in [6, 6.07) is 12.6. The van der Waals surface area contributed by atoms with Crippen LogP contribution < -0.4 is 36.6 Å². The van der Waals surface area contributed by atoms with Gasteiger partial charge >= 0.3 is 0 Å². The molecule has 3 heterocycles. The lowest BCUT2D eigenvalue weighted by Gasteiger charge is -2.12. The Morgan fingerprint density at radius 3 is 2.76 bits per heavy atom. The zero-order valence-corrected chi connectivity index (χ0v) is 22.3. The van der Waals surface area contributed by atoms with Crippen LogP contribution in [0.15, 0.2) is 63.7 Å². The first-order valence-corrected chi connectivity index (χ1v) is 13.2. The molecule has 0 unspecified atom stereocenters. The number of nitrogens with zero attached hydrogens (tertiary/aromatic N) is 3. The molecule has 4 nitrogen and oxygen atoms in total. The molecular weight excluding hydrogens is 532 g/mol. The molecule has 0 amide bonds. The summed E-state index contributed by atoms with van der Waals surface area (Å²) >= 11 is 10.8. The molecule has 2 aromatic heterocycles. The third-order valence-electron chi connectivity index (χ3n) is 5.48. The SMILES string of the molecule is CCn1c(=O)/c(=C2\Sc3cc(Cl)ccc3N2C)s/c1=C\c1scc[n+]1Cc1ccccc1F.[Cl-]. The molecule has 0 spiro atoms. The maximum atomic E-state index is 14.2. The van der Waals surface area contributed by atoms with E-state index in [0.717, 1.165) is 25.3 Å². The first-order chi connectivity index (χ1) is 16.0. The molecule has 2 aromatic carbocycles. The van der Waals surface area contributed by atoms with Crippen molar-refractivity contribution in [3.63, 3.8) is 0 Å². The van der Waals surface area contributed by atoms with E-state index in [4.69, 9.17) is 11.6 Å². The van der Waals surface area contributed by atoms with Gasteiger partial charge in [-0.2, -0.15) is 4.57 Å². The molecule has 0 bridgehead atoms. The molecule has 5 rings (SSSR count). The van der Waals surface area contributed by atoms with E-state index in [1.165, 1.54) is 17.4 Å². The van der Waals surface area contributed by atoms with Gasteiger partial charge < -0.3 is 17.3 Å². The second-order valence-corrected chi connectivity index (χ2v) is 10.9. The first-order valence-electron chi connectivity index (χ1n) is 10.3. The van der Waals surface area contributed by atoms with Gasteiger partial charge in [-0.3, -0.25) is 9.36 Å². The van der Waals surface area contributed by atoms with Crippen LogP contribution in [-0.4, -0.2) is 11.6 Å². The van der Waals surface area contributed by atoms with Gasteiger partial charge in [-0.25, -0.2) is 4.39 Å². The lowest BCUT2D eigenvalue weighted by atomic mass is 10.2. The van der Waals surface area contributed by atoms with E-state index in [-0.39, 0.29) is 23.8 Å². The Morgan fingerprint density at radius 2 is 2.00 bits per heavy atom. The number of benzene rings is 2. The summed E-state index contributed by atoms with van der Waals surface area (Å²) in [6.45, 7) is 2.98. The van der Waals surface area contributed by atoms with Crippen LogP contribution >= 0.6 is 46.0 Å². The van der Waals surface area contributed by atoms with E-state index in [2.05, 4.69) is 4.90 Å². The van der Waals surface area contributed by atoms with Gasteiger partial charge in [-0.05, 0) is 37.3 Å². The van der Waals surface area contributed by atoms with Crippen molar-refractivity contribution in [1.82, 2.24) is 4.57 Å². The van der Waals surface area contributed by atoms with Crippen LogP contribution in [-0.2, 0) is 13.1 Å². The normalized spacial score (nSPS) is 14.9. The predicted molar refractivity (Wildman–Crippen MR) is 136 cm³/mol. The fraction of sp³-hybridized carbons (Fsp3) is 0.167. The van der Waals surface area contributed by atoms with Crippen LogP contribution in [0.4, 0.5) is 10.1 Å². The fourth-order valence-electron chi connectivity index (χ4n) is 3.77. The van der Waals surface area contributed by atoms with Crippen LogP contribution in [0.5, 0.6) is 0 Å². The Morgan fingerprint density at radius 1 is 1.21 bits per heavy atom. The number of hydrogen-bond acceptors (Lipinski definition) is 5. The highest BCUT2D eigenvalue weighted by Gasteiger charge is 2.25. The second-order valence-electron chi connectivity index (χ2n) is 7.50. The molecule has 0 radical (unpaired) electrons. The molecule has 0 N–H and O–H groups in total. The maximum Gasteiger partial charge on any atom is 0.271 e. The maximum absolute atomic E-state index is 14.2. The van der Waals surface area contributed by atoms with Crippen LogP contribution in [0, 0.1) is 5.82 Å². The van der Waals surface area contributed by atoms with E-state index in [1.807, 2.05) is 60.5 Å². The number of halogens is 3. The average molecular weight is 553 g/mol. The van der Waals surface area contributed by atoms with Gasteiger partial charge in [-0.1, -0.05) is 46.8 Å². The molecule has 0 aliphatic carbocycles. The lowest BCUT2D eigenvalue weighted by Crippen LogP contribution is -3.00. The molecule has 34 heavy (non-hydrogen) atoms. The molecule has 4 aromatic rings. The smallest absolute Gasteiger partial charge is 0.271 e. The fourth-order valence-corrected chi connectivity index (χ4v) is 7.37. The summed E-state index contributed by atoms with van der Waals surface area (Å²) in [5.74, 6) is -0.219. The number of aromatic nitrogens is 2. The minimum atomic E-state index is -0.219. The summed E-state index contributed by atoms with van der Waals surface area (Å²) in [7, 11) is 1.97. The van der Waals surface area contributed by atoms with E-state index < -0.39 is 0 Å². The van der Waals surface area contributed by atoms with Crippen molar-refractivity contribution in [2.24, 2.45) is 0 Å². The quantitative estimate of drug-likeness (QED) is 0.357. The van der Waals surface area contributed by atoms with Crippen LogP contribution in [0.1, 0.15) is 17.5 Å². The summed E-state index contributed by atoms with van der Waals surface area (Å²) in [5, 5.41) is 4.53. The van der Waals surface area contributed by atoms with Gasteiger partial charge in [0.15, 0.2) is 12.7 Å². The van der Waals surface area contributed by atoms with Crippen molar-refractivity contribution >= 4 is 62.8 Å². The monoisotopic (exact) mass is 551 g/mol. The van der Waals surface area contributed by atoms with Gasteiger partial charge in [0.1, 0.15) is 20.0 Å². The van der Waals surface area contributed by atoms with Gasteiger partial charge in [0, 0.05) is 23.5 Å². The third kappa shape index (κ3) is 4.57. The number of thioether (sulfide) groups is 1. The van der Waals surface area contributed by atoms with Crippen molar-refractivity contribution < 1.29 is 21.4 Å². The lowest BCUT2D eigenvalue weighted by molar-refractivity contribution is -0.685. The summed E-state index contributed by atoms with van der Waals surface area (Å²) in [4.78, 5) is 16.4. The van der Waals surface area contributed by atoms with Crippen molar-refractivity contribution in [2.45, 2.75) is 24.9 Å². The summed E-state index contributed by atoms with van der Waals surface area (Å²) in [5.41, 5.74) is 1.67. The predicted octanol–water partition coefficient (Wildman–Crippen LogP) is 1.26. The van der Waals surface area contributed by atoms with Gasteiger partial charge in [0.2, 0.25) is 0 Å². The van der Waals surface area contributed by atoms with Crippen molar-refractivity contribution in [2.75, 3.05) is 11.9 Å². The molecule has 0 atom stereocenters. The van der Waals surface area contributed by atoms with Crippen molar-refractivity contribution in [3.05, 3.63) is 95.0 Å². The largest absolute Gasteiger partial charge is 1.00 e. The van der Waals surface area contributed by atoms with Crippen molar-refractivity contribution in [3.8, 4) is 0 Å². The molecule has 1 aliphatic heterocycles. The highest BCUT2D eigenvalue weighted by atomic mass is 35.5. The summed E-state index contributed by atoms with van der Waals surface area (Å²) in [6.07, 6.45) is 3.97. The van der Waals surface area contributed by atoms with Gasteiger partial charge in [0.05, 0.1) is 22.7 Å².